The van der Waals surface area contributed by atoms with E-state index < -0.39 is 0 Å². The number of ether oxygens (including phenoxy) is 2. The van der Waals surface area contributed by atoms with Crippen molar-refractivity contribution in [2.45, 2.75) is 27.7 Å². The highest BCUT2D eigenvalue weighted by molar-refractivity contribution is 7.17. The van der Waals surface area contributed by atoms with Crippen LogP contribution in [-0.2, 0) is 9.47 Å². The van der Waals surface area contributed by atoms with E-state index in [-0.39, 0.29) is 11.9 Å². The van der Waals surface area contributed by atoms with E-state index in [1.165, 1.54) is 22.7 Å². The van der Waals surface area contributed by atoms with E-state index in [2.05, 4.69) is 9.97 Å². The monoisotopic (exact) mass is 416 g/mol. The van der Waals surface area contributed by atoms with Crippen molar-refractivity contribution in [1.29, 1.82) is 0 Å². The summed E-state index contributed by atoms with van der Waals surface area (Å²) in [7, 11) is 0. The zero-order valence-corrected chi connectivity index (χ0v) is 17.7. The van der Waals surface area contributed by atoms with Gasteiger partial charge in [0.05, 0.1) is 24.6 Å². The van der Waals surface area contributed by atoms with Crippen LogP contribution in [0.3, 0.4) is 0 Å². The van der Waals surface area contributed by atoms with E-state index >= 15 is 0 Å². The van der Waals surface area contributed by atoms with Crippen molar-refractivity contribution in [2.24, 2.45) is 0 Å². The summed E-state index contributed by atoms with van der Waals surface area (Å²) in [4.78, 5) is 34.0. The van der Waals surface area contributed by atoms with Crippen LogP contribution in [0.1, 0.15) is 44.6 Å². The number of benzene rings is 1. The van der Waals surface area contributed by atoms with Crippen molar-refractivity contribution in [3.63, 3.8) is 0 Å². The Morgan fingerprint density at radius 3 is 1.46 bits per heavy atom. The first-order valence-electron chi connectivity index (χ1n) is 8.84. The van der Waals surface area contributed by atoms with Gasteiger partial charge in [0.15, 0.2) is 0 Å². The molecule has 0 amide bonds. The van der Waals surface area contributed by atoms with E-state index in [0.717, 1.165) is 21.1 Å². The van der Waals surface area contributed by atoms with Crippen LogP contribution >= 0.6 is 22.7 Å². The molecule has 0 bridgehead atoms. The molecule has 0 atom stereocenters. The summed E-state index contributed by atoms with van der Waals surface area (Å²) >= 11 is 2.64. The average molecular weight is 417 g/mol. The van der Waals surface area contributed by atoms with Gasteiger partial charge in [0, 0.05) is 11.1 Å². The summed E-state index contributed by atoms with van der Waals surface area (Å²) in [5, 5.41) is 1.52. The molecule has 8 heteroatoms. The highest BCUT2D eigenvalue weighted by atomic mass is 32.1. The molecule has 0 radical (unpaired) electrons. The van der Waals surface area contributed by atoms with Crippen LogP contribution in [0.2, 0.25) is 0 Å². The molecular weight excluding hydrogens is 396 g/mol. The molecule has 146 valence electrons. The number of aromatic nitrogens is 2. The van der Waals surface area contributed by atoms with Crippen LogP contribution in [0.5, 0.6) is 0 Å². The Morgan fingerprint density at radius 2 is 1.14 bits per heavy atom. The Balaban J connectivity index is 1.85. The second kappa shape index (κ2) is 8.62. The van der Waals surface area contributed by atoms with Crippen LogP contribution in [0.25, 0.3) is 21.1 Å². The maximum Gasteiger partial charge on any atom is 0.350 e. The molecule has 0 aliphatic carbocycles. The first-order valence-corrected chi connectivity index (χ1v) is 10.5. The van der Waals surface area contributed by atoms with Gasteiger partial charge in [-0.3, -0.25) is 0 Å². The summed E-state index contributed by atoms with van der Waals surface area (Å²) in [6.07, 6.45) is 0. The third kappa shape index (κ3) is 4.13. The molecular formula is C20H20N2O4S2. The van der Waals surface area contributed by atoms with Crippen molar-refractivity contribution >= 4 is 34.6 Å². The molecule has 3 rings (SSSR count). The minimum Gasteiger partial charge on any atom is -0.462 e. The van der Waals surface area contributed by atoms with Gasteiger partial charge in [0.2, 0.25) is 0 Å². The largest absolute Gasteiger partial charge is 0.462 e. The molecule has 2 heterocycles. The molecule has 3 aromatic rings. The van der Waals surface area contributed by atoms with Crippen LogP contribution in [0, 0.1) is 13.8 Å². The lowest BCUT2D eigenvalue weighted by molar-refractivity contribution is 0.0521. The number of thiazole rings is 2. The summed E-state index contributed by atoms with van der Waals surface area (Å²) in [6.45, 7) is 7.83. The predicted octanol–water partition coefficient (Wildman–Crippen LogP) is 4.90. The Kier molecular flexibility index (Phi) is 6.21. The summed E-state index contributed by atoms with van der Waals surface area (Å²) in [5.41, 5.74) is 3.15. The molecule has 6 nitrogen and oxygen atoms in total. The van der Waals surface area contributed by atoms with E-state index in [4.69, 9.17) is 9.47 Å². The standard InChI is InChI=1S/C20H20N2O4S2/c1-5-25-19(23)15-11(3)21-17(27-15)13-7-9-14(10-8-13)18-22-12(4)16(28-18)20(24)26-6-2/h7-10H,5-6H2,1-4H3. The van der Waals surface area contributed by atoms with Crippen molar-refractivity contribution in [3.8, 4) is 21.1 Å². The van der Waals surface area contributed by atoms with Crippen LogP contribution in [0.4, 0.5) is 0 Å². The normalized spacial score (nSPS) is 10.7. The Morgan fingerprint density at radius 1 is 0.786 bits per heavy atom. The van der Waals surface area contributed by atoms with Crippen LogP contribution in [0.15, 0.2) is 24.3 Å². The molecule has 0 aliphatic rings. The highest BCUT2D eigenvalue weighted by Crippen LogP contribution is 2.32. The molecule has 2 aromatic heterocycles. The molecule has 0 aliphatic heterocycles. The number of carbonyl (C=O) groups is 2. The Labute approximate surface area is 171 Å². The average Bonchev–Trinajstić information content (AvgIpc) is 3.25. The molecule has 1 aromatic carbocycles. The van der Waals surface area contributed by atoms with Gasteiger partial charge in [-0.05, 0) is 27.7 Å². The SMILES string of the molecule is CCOC(=O)c1sc(-c2ccc(-c3nc(C)c(C(=O)OCC)s3)cc2)nc1C. The summed E-state index contributed by atoms with van der Waals surface area (Å²) in [5.74, 6) is -0.685. The van der Waals surface area contributed by atoms with Crippen LogP contribution in [-0.4, -0.2) is 35.1 Å². The smallest absolute Gasteiger partial charge is 0.350 e. The maximum atomic E-state index is 12.0. The van der Waals surface area contributed by atoms with Crippen molar-refractivity contribution in [3.05, 3.63) is 45.4 Å². The van der Waals surface area contributed by atoms with E-state index in [0.29, 0.717) is 34.4 Å². The predicted molar refractivity (Wildman–Crippen MR) is 110 cm³/mol. The van der Waals surface area contributed by atoms with Gasteiger partial charge in [-0.1, -0.05) is 24.3 Å². The number of hydrogen-bond acceptors (Lipinski definition) is 8. The fourth-order valence-electron chi connectivity index (χ4n) is 2.57. The van der Waals surface area contributed by atoms with Gasteiger partial charge in [-0.15, -0.1) is 22.7 Å². The summed E-state index contributed by atoms with van der Waals surface area (Å²) in [6, 6.07) is 7.74. The Bertz CT molecular complexity index is 925. The number of aryl methyl sites for hydroxylation is 2. The van der Waals surface area contributed by atoms with Gasteiger partial charge in [0.25, 0.3) is 0 Å². The van der Waals surface area contributed by atoms with Gasteiger partial charge >= 0.3 is 11.9 Å². The molecule has 0 fully saturated rings. The van der Waals surface area contributed by atoms with E-state index in [9.17, 15) is 9.59 Å². The maximum absolute atomic E-state index is 12.0. The van der Waals surface area contributed by atoms with E-state index in [1.807, 2.05) is 24.3 Å². The second-order valence-corrected chi connectivity index (χ2v) is 7.88. The number of esters is 2. The number of hydrogen-bond donors (Lipinski definition) is 0. The first kappa shape index (κ1) is 20.2. The van der Waals surface area contributed by atoms with Crippen molar-refractivity contribution in [1.82, 2.24) is 9.97 Å². The van der Waals surface area contributed by atoms with Crippen LogP contribution < -0.4 is 0 Å². The molecule has 0 N–H and O–H groups in total. The highest BCUT2D eigenvalue weighted by Gasteiger charge is 2.19. The fraction of sp³-hybridized carbons (Fsp3) is 0.300. The van der Waals surface area contributed by atoms with Gasteiger partial charge in [0.1, 0.15) is 19.8 Å². The number of nitrogens with zero attached hydrogens (tertiary/aromatic N) is 2. The first-order chi connectivity index (χ1) is 13.4. The minimum absolute atomic E-state index is 0.335. The fourth-order valence-corrected chi connectivity index (χ4v) is 4.50. The van der Waals surface area contributed by atoms with Gasteiger partial charge in [-0.2, -0.15) is 0 Å². The van der Waals surface area contributed by atoms with E-state index in [1.54, 1.807) is 27.7 Å². The summed E-state index contributed by atoms with van der Waals surface area (Å²) < 4.78 is 10.1. The lowest BCUT2D eigenvalue weighted by atomic mass is 10.1. The molecule has 28 heavy (non-hydrogen) atoms. The second-order valence-electron chi connectivity index (χ2n) is 5.89. The topological polar surface area (TPSA) is 78.4 Å². The zero-order valence-electron chi connectivity index (χ0n) is 16.1. The third-order valence-corrected chi connectivity index (χ3v) is 6.27. The Hall–Kier alpha value is -2.58. The number of rotatable bonds is 6. The zero-order chi connectivity index (χ0) is 20.3. The lowest BCUT2D eigenvalue weighted by Gasteiger charge is -1.99. The molecule has 0 saturated carbocycles. The number of carbonyl (C=O) groups excluding carboxylic acids is 2. The molecule has 0 saturated heterocycles. The third-order valence-electron chi connectivity index (χ3n) is 3.89. The minimum atomic E-state index is -0.342. The molecule has 0 unspecified atom stereocenters. The quantitative estimate of drug-likeness (QED) is 0.532. The van der Waals surface area contributed by atoms with Gasteiger partial charge < -0.3 is 9.47 Å². The van der Waals surface area contributed by atoms with Crippen molar-refractivity contribution < 1.29 is 19.1 Å². The molecule has 0 spiro atoms. The van der Waals surface area contributed by atoms with Gasteiger partial charge in [-0.25, -0.2) is 19.6 Å². The van der Waals surface area contributed by atoms with Crippen molar-refractivity contribution in [2.75, 3.05) is 13.2 Å². The lowest BCUT2D eigenvalue weighted by Crippen LogP contribution is -2.03.